The molecule has 34 heavy (non-hydrogen) atoms. The zero-order valence-corrected chi connectivity index (χ0v) is 20.3. The summed E-state index contributed by atoms with van der Waals surface area (Å²) in [5.41, 5.74) is 1.02. The summed E-state index contributed by atoms with van der Waals surface area (Å²) < 4.78 is 17.4. The zero-order valence-electron chi connectivity index (χ0n) is 20.3. The smallest absolute Gasteiger partial charge is 0.261 e. The molecule has 1 atom stereocenters. The summed E-state index contributed by atoms with van der Waals surface area (Å²) in [4.78, 5) is 33.8. The first-order valence-corrected chi connectivity index (χ1v) is 11.5. The molecule has 0 saturated carbocycles. The van der Waals surface area contributed by atoms with Crippen LogP contribution in [0.2, 0.25) is 0 Å². The highest BCUT2D eigenvalue weighted by atomic mass is 16.5. The SMILES string of the molecule is CCC(c1nc2ccccc2c(=O)n1CCOC)N(CCCOC)C(=O)c1ccc(OC)cc1. The number of rotatable bonds is 12. The Morgan fingerprint density at radius 1 is 1.03 bits per heavy atom. The molecule has 3 rings (SSSR count). The second kappa shape index (κ2) is 12.3. The third-order valence-electron chi connectivity index (χ3n) is 5.82. The molecule has 1 unspecified atom stereocenters. The predicted octanol–water partition coefficient (Wildman–Crippen LogP) is 3.68. The lowest BCUT2D eigenvalue weighted by Crippen LogP contribution is -2.40. The van der Waals surface area contributed by atoms with Crippen molar-refractivity contribution in [2.75, 3.05) is 41.1 Å². The van der Waals surface area contributed by atoms with Gasteiger partial charge in [0.2, 0.25) is 0 Å². The van der Waals surface area contributed by atoms with Crippen LogP contribution in [0.25, 0.3) is 10.9 Å². The van der Waals surface area contributed by atoms with Crippen LogP contribution in [-0.2, 0) is 16.0 Å². The molecule has 3 aromatic rings. The zero-order chi connectivity index (χ0) is 24.5. The number of benzene rings is 2. The van der Waals surface area contributed by atoms with Crippen LogP contribution in [0.15, 0.2) is 53.3 Å². The van der Waals surface area contributed by atoms with Crippen molar-refractivity contribution in [3.63, 3.8) is 0 Å². The van der Waals surface area contributed by atoms with Crippen LogP contribution >= 0.6 is 0 Å². The van der Waals surface area contributed by atoms with Gasteiger partial charge in [0.15, 0.2) is 0 Å². The van der Waals surface area contributed by atoms with Crippen molar-refractivity contribution in [1.29, 1.82) is 0 Å². The van der Waals surface area contributed by atoms with Crippen LogP contribution < -0.4 is 10.3 Å². The van der Waals surface area contributed by atoms with Gasteiger partial charge in [-0.05, 0) is 49.2 Å². The minimum absolute atomic E-state index is 0.133. The van der Waals surface area contributed by atoms with Crippen molar-refractivity contribution >= 4 is 16.8 Å². The predicted molar refractivity (Wildman–Crippen MR) is 131 cm³/mol. The summed E-state index contributed by atoms with van der Waals surface area (Å²) >= 11 is 0. The average molecular weight is 468 g/mol. The Bertz CT molecular complexity index is 1140. The van der Waals surface area contributed by atoms with Crippen molar-refractivity contribution in [3.05, 3.63) is 70.3 Å². The molecular weight excluding hydrogens is 434 g/mol. The normalized spacial score (nSPS) is 12.0. The number of aromatic nitrogens is 2. The van der Waals surface area contributed by atoms with Gasteiger partial charge in [-0.1, -0.05) is 19.1 Å². The number of carbonyl (C=O) groups is 1. The van der Waals surface area contributed by atoms with E-state index in [4.69, 9.17) is 19.2 Å². The third kappa shape index (κ3) is 5.63. The van der Waals surface area contributed by atoms with E-state index in [1.807, 2.05) is 25.1 Å². The molecular formula is C26H33N3O5. The van der Waals surface area contributed by atoms with Crippen molar-refractivity contribution in [1.82, 2.24) is 14.5 Å². The molecule has 0 fully saturated rings. The van der Waals surface area contributed by atoms with Gasteiger partial charge in [0.05, 0.1) is 37.2 Å². The Morgan fingerprint density at radius 2 is 1.74 bits per heavy atom. The molecule has 8 heteroatoms. The number of methoxy groups -OCH3 is 3. The topological polar surface area (TPSA) is 82.9 Å². The third-order valence-corrected chi connectivity index (χ3v) is 5.82. The van der Waals surface area contributed by atoms with Gasteiger partial charge in [-0.25, -0.2) is 4.98 Å². The molecule has 0 radical (unpaired) electrons. The van der Waals surface area contributed by atoms with Crippen molar-refractivity contribution in [2.24, 2.45) is 0 Å². The molecule has 0 spiro atoms. The fourth-order valence-electron chi connectivity index (χ4n) is 4.06. The lowest BCUT2D eigenvalue weighted by atomic mass is 10.1. The molecule has 1 aromatic heterocycles. The number of ether oxygens (including phenoxy) is 3. The van der Waals surface area contributed by atoms with Gasteiger partial charge < -0.3 is 19.1 Å². The Hall–Kier alpha value is -3.23. The number of amides is 1. The van der Waals surface area contributed by atoms with Crippen molar-refractivity contribution in [3.8, 4) is 5.75 Å². The first-order valence-electron chi connectivity index (χ1n) is 11.5. The van der Waals surface area contributed by atoms with Gasteiger partial charge >= 0.3 is 0 Å². The van der Waals surface area contributed by atoms with Crippen LogP contribution in [-0.4, -0.2) is 61.4 Å². The Morgan fingerprint density at radius 3 is 2.38 bits per heavy atom. The van der Waals surface area contributed by atoms with Crippen LogP contribution in [0, 0.1) is 0 Å². The highest BCUT2D eigenvalue weighted by molar-refractivity contribution is 5.94. The first kappa shape index (κ1) is 25.4. The second-order valence-corrected chi connectivity index (χ2v) is 7.93. The standard InChI is InChI=1S/C26H33N3O5/c1-5-23(24-27-22-10-7-6-9-21(22)26(31)29(24)16-18-33-3)28(15-8-17-32-2)25(30)19-11-13-20(34-4)14-12-19/h6-7,9-14,23H,5,8,15-18H2,1-4H3. The van der Waals surface area contributed by atoms with Gasteiger partial charge in [-0.15, -0.1) is 0 Å². The van der Waals surface area contributed by atoms with Crippen LogP contribution in [0.3, 0.4) is 0 Å². The van der Waals surface area contributed by atoms with Gasteiger partial charge in [-0.2, -0.15) is 0 Å². The van der Waals surface area contributed by atoms with E-state index in [1.54, 1.807) is 61.1 Å². The number of carbonyl (C=O) groups excluding carboxylic acids is 1. The van der Waals surface area contributed by atoms with E-state index in [0.717, 1.165) is 0 Å². The Labute approximate surface area is 200 Å². The molecule has 182 valence electrons. The molecule has 8 nitrogen and oxygen atoms in total. The molecule has 1 heterocycles. The van der Waals surface area contributed by atoms with E-state index in [0.29, 0.717) is 67.2 Å². The number of hydrogen-bond acceptors (Lipinski definition) is 6. The van der Waals surface area contributed by atoms with Gasteiger partial charge in [0.1, 0.15) is 11.6 Å². The fraction of sp³-hybridized carbons (Fsp3) is 0.423. The van der Waals surface area contributed by atoms with Gasteiger partial charge in [0, 0.05) is 32.9 Å². The molecule has 1 amide bonds. The first-order chi connectivity index (χ1) is 16.5. The lowest BCUT2D eigenvalue weighted by Gasteiger charge is -2.32. The minimum atomic E-state index is -0.402. The van der Waals surface area contributed by atoms with Gasteiger partial charge in [-0.3, -0.25) is 14.2 Å². The van der Waals surface area contributed by atoms with E-state index in [2.05, 4.69) is 0 Å². The molecule has 0 aliphatic carbocycles. The number of fused-ring (bicyclic) bond motifs is 1. The molecule has 0 aliphatic rings. The van der Waals surface area contributed by atoms with E-state index < -0.39 is 6.04 Å². The summed E-state index contributed by atoms with van der Waals surface area (Å²) in [5.74, 6) is 1.10. The number of nitrogens with zero attached hydrogens (tertiary/aromatic N) is 3. The largest absolute Gasteiger partial charge is 0.497 e. The van der Waals surface area contributed by atoms with Crippen LogP contribution in [0.1, 0.15) is 42.0 Å². The summed E-state index contributed by atoms with van der Waals surface area (Å²) in [5, 5.41) is 0.546. The monoisotopic (exact) mass is 467 g/mol. The highest BCUT2D eigenvalue weighted by Gasteiger charge is 2.29. The molecule has 2 aromatic carbocycles. The Kier molecular flexibility index (Phi) is 9.18. The maximum absolute atomic E-state index is 13.7. The number of hydrogen-bond donors (Lipinski definition) is 0. The van der Waals surface area contributed by atoms with Crippen molar-refractivity contribution < 1.29 is 19.0 Å². The molecule has 0 N–H and O–H groups in total. The fourth-order valence-corrected chi connectivity index (χ4v) is 4.06. The summed E-state index contributed by atoms with van der Waals surface area (Å²) in [6.45, 7) is 3.69. The molecule has 0 bridgehead atoms. The van der Waals surface area contributed by atoms with E-state index >= 15 is 0 Å². The second-order valence-electron chi connectivity index (χ2n) is 7.93. The van der Waals surface area contributed by atoms with Gasteiger partial charge in [0.25, 0.3) is 11.5 Å². The molecule has 0 saturated heterocycles. The highest BCUT2D eigenvalue weighted by Crippen LogP contribution is 2.26. The number of para-hydroxylation sites is 1. The van der Waals surface area contributed by atoms with E-state index in [1.165, 1.54) is 0 Å². The van der Waals surface area contributed by atoms with Crippen molar-refractivity contribution in [2.45, 2.75) is 32.4 Å². The Balaban J connectivity index is 2.11. The maximum atomic E-state index is 13.7. The van der Waals surface area contributed by atoms with Crippen LogP contribution in [0.4, 0.5) is 0 Å². The lowest BCUT2D eigenvalue weighted by molar-refractivity contribution is 0.0629. The van der Waals surface area contributed by atoms with Crippen LogP contribution in [0.5, 0.6) is 5.75 Å². The van der Waals surface area contributed by atoms with E-state index in [-0.39, 0.29) is 11.5 Å². The van der Waals surface area contributed by atoms with E-state index in [9.17, 15) is 9.59 Å². The average Bonchev–Trinajstić information content (AvgIpc) is 2.87. The maximum Gasteiger partial charge on any atom is 0.261 e. The summed E-state index contributed by atoms with van der Waals surface area (Å²) in [7, 11) is 4.83. The minimum Gasteiger partial charge on any atom is -0.497 e. The summed E-state index contributed by atoms with van der Waals surface area (Å²) in [6.07, 6.45) is 1.25. The quantitative estimate of drug-likeness (QED) is 0.378. The summed E-state index contributed by atoms with van der Waals surface area (Å²) in [6, 6.07) is 13.9. The molecule has 0 aliphatic heterocycles.